The molecule has 35 heavy (non-hydrogen) atoms. The second-order valence-electron chi connectivity index (χ2n) is 7.67. The van der Waals surface area contributed by atoms with E-state index >= 15 is 0 Å². The van der Waals surface area contributed by atoms with E-state index < -0.39 is 11.8 Å². The molecule has 0 spiro atoms. The van der Waals surface area contributed by atoms with Crippen molar-refractivity contribution in [3.63, 3.8) is 0 Å². The molecule has 0 unspecified atom stereocenters. The van der Waals surface area contributed by atoms with Gasteiger partial charge in [0.2, 0.25) is 0 Å². The van der Waals surface area contributed by atoms with Crippen LogP contribution in [0.3, 0.4) is 0 Å². The molecular weight excluding hydrogens is 579 g/mol. The normalized spacial score (nSPS) is 14.3. The lowest BCUT2D eigenvalue weighted by atomic mass is 10.1. The van der Waals surface area contributed by atoms with Crippen molar-refractivity contribution in [3.8, 4) is 11.5 Å². The van der Waals surface area contributed by atoms with Gasteiger partial charge in [-0.15, -0.1) is 0 Å². The van der Waals surface area contributed by atoms with E-state index in [1.165, 1.54) is 0 Å². The predicted octanol–water partition coefficient (Wildman–Crippen LogP) is 6.36. The molecule has 0 bridgehead atoms. The summed E-state index contributed by atoms with van der Waals surface area (Å²) in [6.45, 7) is 4.33. The number of carbonyl (C=O) groups is 2. The largest absolute Gasteiger partial charge is 0.490 e. The molecule has 1 aliphatic heterocycles. The Kier molecular flexibility index (Phi) is 7.87. The molecule has 1 heterocycles. The Hall–Kier alpha value is -3.17. The van der Waals surface area contributed by atoms with Crippen molar-refractivity contribution in [1.82, 2.24) is 5.01 Å². The number of rotatable bonds is 7. The summed E-state index contributed by atoms with van der Waals surface area (Å²) >= 11 is 8.44. The van der Waals surface area contributed by atoms with Gasteiger partial charge in [0.25, 0.3) is 11.8 Å². The quantitative estimate of drug-likeness (QED) is 0.180. The minimum atomic E-state index is -0.469. The molecule has 0 saturated carbocycles. The van der Waals surface area contributed by atoms with Gasteiger partial charge < -0.3 is 9.47 Å². The van der Waals surface area contributed by atoms with Crippen molar-refractivity contribution in [3.05, 3.63) is 97.6 Å². The molecule has 0 radical (unpaired) electrons. The smallest absolute Gasteiger partial charge is 0.283 e. The molecular formula is C27H22ClIN2O4. The van der Waals surface area contributed by atoms with Gasteiger partial charge >= 0.3 is 0 Å². The van der Waals surface area contributed by atoms with Crippen LogP contribution in [0.4, 0.5) is 0 Å². The van der Waals surface area contributed by atoms with E-state index in [4.69, 9.17) is 21.1 Å². The number of nitrogens with zero attached hydrogens (tertiary/aromatic N) is 2. The second kappa shape index (κ2) is 11.0. The lowest BCUT2D eigenvalue weighted by molar-refractivity contribution is -0.123. The Bertz CT molecular complexity index is 1340. The minimum Gasteiger partial charge on any atom is -0.490 e. The van der Waals surface area contributed by atoms with Gasteiger partial charge in [0.05, 0.1) is 21.5 Å². The lowest BCUT2D eigenvalue weighted by Crippen LogP contribution is -2.29. The van der Waals surface area contributed by atoms with Crippen molar-refractivity contribution in [2.24, 2.45) is 5.10 Å². The Morgan fingerprint density at radius 1 is 1.09 bits per heavy atom. The number of hydrazone groups is 1. The molecule has 6 nitrogen and oxygen atoms in total. The van der Waals surface area contributed by atoms with Gasteiger partial charge in [0, 0.05) is 16.1 Å². The first-order chi connectivity index (χ1) is 16.9. The van der Waals surface area contributed by atoms with Gasteiger partial charge in [0.15, 0.2) is 11.5 Å². The SMILES string of the molecule is CCOc1cc(/C=C2/C(=O)N(C(=O)c3ccccc3)N=C2C)cc(I)c1OCc1ccccc1Cl. The monoisotopic (exact) mass is 600 g/mol. The molecule has 0 fully saturated rings. The highest BCUT2D eigenvalue weighted by molar-refractivity contribution is 14.1. The average Bonchev–Trinajstić information content (AvgIpc) is 3.13. The molecule has 0 atom stereocenters. The van der Waals surface area contributed by atoms with Gasteiger partial charge in [0.1, 0.15) is 6.61 Å². The first-order valence-corrected chi connectivity index (χ1v) is 12.4. The first kappa shape index (κ1) is 24.9. The summed E-state index contributed by atoms with van der Waals surface area (Å²) in [5, 5.41) is 5.74. The van der Waals surface area contributed by atoms with E-state index in [0.29, 0.717) is 40.0 Å². The van der Waals surface area contributed by atoms with Crippen LogP contribution in [-0.2, 0) is 11.4 Å². The van der Waals surface area contributed by atoms with Crippen molar-refractivity contribution >= 4 is 57.8 Å². The molecule has 0 aliphatic carbocycles. The highest BCUT2D eigenvalue weighted by atomic mass is 127. The van der Waals surface area contributed by atoms with Crippen LogP contribution >= 0.6 is 34.2 Å². The third kappa shape index (κ3) is 5.57. The van der Waals surface area contributed by atoms with Crippen LogP contribution in [0.15, 0.2) is 77.4 Å². The number of ether oxygens (including phenoxy) is 2. The van der Waals surface area contributed by atoms with Crippen LogP contribution in [0.1, 0.15) is 35.3 Å². The number of benzene rings is 3. The van der Waals surface area contributed by atoms with Gasteiger partial charge in [-0.1, -0.05) is 48.0 Å². The topological polar surface area (TPSA) is 68.2 Å². The summed E-state index contributed by atoms with van der Waals surface area (Å²) < 4.78 is 12.7. The van der Waals surface area contributed by atoms with Crippen molar-refractivity contribution in [2.75, 3.05) is 6.61 Å². The third-order valence-corrected chi connectivity index (χ3v) is 6.42. The number of hydrogen-bond acceptors (Lipinski definition) is 5. The first-order valence-electron chi connectivity index (χ1n) is 10.9. The molecule has 1 aliphatic rings. The minimum absolute atomic E-state index is 0.289. The zero-order chi connectivity index (χ0) is 24.9. The van der Waals surface area contributed by atoms with Crippen LogP contribution in [0.25, 0.3) is 6.08 Å². The van der Waals surface area contributed by atoms with Crippen molar-refractivity contribution < 1.29 is 19.1 Å². The van der Waals surface area contributed by atoms with Gasteiger partial charge in [-0.3, -0.25) is 9.59 Å². The summed E-state index contributed by atoms with van der Waals surface area (Å²) in [6.07, 6.45) is 1.71. The Labute approximate surface area is 222 Å². The van der Waals surface area contributed by atoms with Crippen LogP contribution < -0.4 is 9.47 Å². The highest BCUT2D eigenvalue weighted by Crippen LogP contribution is 2.36. The molecule has 2 amide bonds. The molecule has 3 aromatic carbocycles. The Balaban J connectivity index is 1.60. The van der Waals surface area contributed by atoms with Crippen LogP contribution in [0, 0.1) is 3.57 Å². The number of hydrogen-bond donors (Lipinski definition) is 0. The molecule has 178 valence electrons. The number of amides is 2. The van der Waals surface area contributed by atoms with Crippen LogP contribution in [0.2, 0.25) is 5.02 Å². The maximum Gasteiger partial charge on any atom is 0.283 e. The van der Waals surface area contributed by atoms with Gasteiger partial charge in [-0.05, 0) is 78.4 Å². The second-order valence-corrected chi connectivity index (χ2v) is 9.24. The van der Waals surface area contributed by atoms with E-state index in [0.717, 1.165) is 19.7 Å². The molecule has 0 saturated heterocycles. The zero-order valence-corrected chi connectivity index (χ0v) is 22.0. The third-order valence-electron chi connectivity index (χ3n) is 5.25. The molecule has 3 aromatic rings. The van der Waals surface area contributed by atoms with Crippen LogP contribution in [0.5, 0.6) is 11.5 Å². The molecule has 0 N–H and O–H groups in total. The molecule has 0 aromatic heterocycles. The van der Waals surface area contributed by atoms with E-state index in [2.05, 4.69) is 27.7 Å². The average molecular weight is 601 g/mol. The summed E-state index contributed by atoms with van der Waals surface area (Å²) in [5.41, 5.74) is 2.80. The number of imide groups is 1. The van der Waals surface area contributed by atoms with E-state index in [1.54, 1.807) is 37.3 Å². The summed E-state index contributed by atoms with van der Waals surface area (Å²) in [4.78, 5) is 25.8. The summed E-state index contributed by atoms with van der Waals surface area (Å²) in [6, 6.07) is 19.8. The fourth-order valence-corrected chi connectivity index (χ4v) is 4.50. The van der Waals surface area contributed by atoms with Crippen molar-refractivity contribution in [1.29, 1.82) is 0 Å². The fraction of sp³-hybridized carbons (Fsp3) is 0.148. The molecule has 4 rings (SSSR count). The summed E-state index contributed by atoms with van der Waals surface area (Å²) in [7, 11) is 0. The maximum atomic E-state index is 13.0. The highest BCUT2D eigenvalue weighted by Gasteiger charge is 2.33. The van der Waals surface area contributed by atoms with Crippen LogP contribution in [-0.4, -0.2) is 29.1 Å². The lowest BCUT2D eigenvalue weighted by Gasteiger charge is -2.15. The van der Waals surface area contributed by atoms with Crippen molar-refractivity contribution in [2.45, 2.75) is 20.5 Å². The summed E-state index contributed by atoms with van der Waals surface area (Å²) in [5.74, 6) is 0.212. The maximum absolute atomic E-state index is 13.0. The Morgan fingerprint density at radius 3 is 2.51 bits per heavy atom. The standard InChI is InChI=1S/C27H22ClIN2O4/c1-3-34-24-15-18(14-23(29)25(24)35-16-20-11-7-8-12-22(20)28)13-21-17(2)30-31(27(21)33)26(32)19-9-5-4-6-10-19/h4-15H,3,16H2,1-2H3/b21-13+. The van der Waals surface area contributed by atoms with Gasteiger partial charge in [-0.2, -0.15) is 10.1 Å². The fourth-order valence-electron chi connectivity index (χ4n) is 3.53. The Morgan fingerprint density at radius 2 is 1.80 bits per heavy atom. The zero-order valence-electron chi connectivity index (χ0n) is 19.1. The van der Waals surface area contributed by atoms with E-state index in [-0.39, 0.29) is 6.61 Å². The van der Waals surface area contributed by atoms with E-state index in [1.807, 2.05) is 49.4 Å². The number of carbonyl (C=O) groups excluding carboxylic acids is 2. The molecule has 8 heteroatoms. The van der Waals surface area contributed by atoms with Gasteiger partial charge in [-0.25, -0.2) is 0 Å². The van der Waals surface area contributed by atoms with E-state index in [9.17, 15) is 9.59 Å². The number of halogens is 2. The predicted molar refractivity (Wildman–Crippen MR) is 145 cm³/mol.